The summed E-state index contributed by atoms with van der Waals surface area (Å²) in [5.41, 5.74) is 10.7. The Balaban J connectivity index is 0.000000182. The van der Waals surface area contributed by atoms with Crippen molar-refractivity contribution in [2.45, 2.75) is 0 Å². The third kappa shape index (κ3) is 13.6. The molecule has 0 atom stereocenters. The number of anilines is 6. The molecule has 0 aliphatic rings. The van der Waals surface area contributed by atoms with Gasteiger partial charge in [-0.2, -0.15) is 0 Å². The first-order chi connectivity index (χ1) is 66.4. The molecule has 0 unspecified atom stereocenters. The van der Waals surface area contributed by atoms with Gasteiger partial charge in [-0.3, -0.25) is 0 Å². The van der Waals surface area contributed by atoms with Crippen molar-refractivity contribution in [2.24, 2.45) is 0 Å². The summed E-state index contributed by atoms with van der Waals surface area (Å²) in [6.45, 7) is 0. The van der Waals surface area contributed by atoms with Gasteiger partial charge in [0.05, 0.1) is 57.7 Å². The first-order valence-electron chi connectivity index (χ1n) is 49.2. The minimum absolute atomic E-state index is 0.0311. The van der Waals surface area contributed by atoms with E-state index in [-0.39, 0.29) is 41.1 Å². The molecule has 0 amide bonds. The molecule has 0 bridgehead atoms. The molecule has 20 aromatic rings. The van der Waals surface area contributed by atoms with E-state index < -0.39 is 178 Å². The molecular weight excluding hydrogens is 1350 g/mol. The maximum Gasteiger partial charge on any atom is 0.0645 e. The predicted molar refractivity (Wildman–Crippen MR) is 474 cm³/mol. The first kappa shape index (κ1) is 45.1. The highest BCUT2D eigenvalue weighted by Crippen LogP contribution is 2.44. The van der Waals surface area contributed by atoms with Crippen LogP contribution in [0.25, 0.3) is 144 Å². The fraction of sp³-hybridized carbons (Fsp3) is 0. The highest BCUT2D eigenvalue weighted by Gasteiger charge is 2.21. The van der Waals surface area contributed by atoms with Gasteiger partial charge < -0.3 is 18.9 Å². The summed E-state index contributed by atoms with van der Waals surface area (Å²) in [6.07, 6.45) is 0. The number of hydrogen-bond acceptors (Lipinski definition) is 2. The van der Waals surface area contributed by atoms with E-state index in [2.05, 4.69) is 137 Å². The molecular formula is C108H76N4. The lowest BCUT2D eigenvalue weighted by atomic mass is 9.99. The van der Waals surface area contributed by atoms with Crippen LogP contribution in [0.2, 0.25) is 0 Å². The number of hydrogen-bond donors (Lipinski definition) is 0. The van der Waals surface area contributed by atoms with Gasteiger partial charge in [-0.1, -0.05) is 327 Å². The fourth-order valence-corrected chi connectivity index (χ4v) is 14.3. The van der Waals surface area contributed by atoms with E-state index in [1.165, 1.54) is 6.07 Å². The van der Waals surface area contributed by atoms with Crippen molar-refractivity contribution in [2.75, 3.05) is 9.80 Å². The van der Waals surface area contributed by atoms with E-state index in [0.29, 0.717) is 28.1 Å². The Morgan fingerprint density at radius 1 is 0.161 bits per heavy atom. The van der Waals surface area contributed by atoms with E-state index in [0.717, 1.165) is 93.3 Å². The molecule has 112 heavy (non-hydrogen) atoms. The van der Waals surface area contributed by atoms with Crippen molar-refractivity contribution in [1.29, 1.82) is 0 Å². The maximum atomic E-state index is 9.62. The van der Waals surface area contributed by atoms with E-state index in [1.807, 2.05) is 157 Å². The normalized spacial score (nSPS) is 14.5. The summed E-state index contributed by atoms with van der Waals surface area (Å²) in [7, 11) is 0. The topological polar surface area (TPSA) is 16.3 Å². The number of rotatable bonds is 16. The lowest BCUT2D eigenvalue weighted by Crippen LogP contribution is -2.10. The van der Waals surface area contributed by atoms with Crippen LogP contribution in [-0.2, 0) is 0 Å². The average Bonchev–Trinajstić information content (AvgIpc) is 1.02. The predicted octanol–water partition coefficient (Wildman–Crippen LogP) is 29.8. The van der Waals surface area contributed by atoms with Gasteiger partial charge in [0, 0.05) is 67.0 Å². The maximum absolute atomic E-state index is 9.62. The third-order valence-electron chi connectivity index (χ3n) is 19.6. The minimum Gasteiger partial charge on any atom is -0.310 e. The highest BCUT2D eigenvalue weighted by molar-refractivity contribution is 6.12. The lowest BCUT2D eigenvalue weighted by molar-refractivity contribution is 1.18. The smallest absolute Gasteiger partial charge is 0.0645 e. The van der Waals surface area contributed by atoms with Crippen molar-refractivity contribution >= 4 is 77.7 Å². The monoisotopic (exact) mass is 1450 g/mol. The second-order valence-electron chi connectivity index (χ2n) is 26.4. The summed E-state index contributed by atoms with van der Waals surface area (Å²) in [4.78, 5) is 2.83. The van der Waals surface area contributed by atoms with Gasteiger partial charge in [0.15, 0.2) is 0 Å². The average molecular weight is 1460 g/mol. The molecule has 4 nitrogen and oxygen atoms in total. The van der Waals surface area contributed by atoms with Crippen molar-refractivity contribution < 1.29 is 35.6 Å². The molecule has 20 rings (SSSR count). The van der Waals surface area contributed by atoms with Gasteiger partial charge in [0.2, 0.25) is 0 Å². The van der Waals surface area contributed by atoms with Gasteiger partial charge in [0.25, 0.3) is 0 Å². The molecule has 18 aromatic carbocycles. The van der Waals surface area contributed by atoms with Crippen molar-refractivity contribution in [3.05, 3.63) is 460 Å². The standard InChI is InChI=1S/2C54H38N2/c2*1-4-13-39(14-5-1)41-23-25-42(26-24-41)44-29-34-49(35-30-44)55(48-32-27-43(28-33-48)40-15-6-2-7-16-40)50-20-12-17-45(37-50)46-31-36-54-52(38-46)51-21-10-11-22-53(51)56(54)47-18-8-3-9-19-47/h2*1-38H/i1D,2D,4D,5D,6D,7D,13D,14D,15D,16D,23D,24D,25D,26D,27D,28D,29D,30D,32D,33D,34D,35D;27D,28D,32D,33D. The summed E-state index contributed by atoms with van der Waals surface area (Å²) >= 11 is 0. The van der Waals surface area contributed by atoms with Gasteiger partial charge in [-0.25, -0.2) is 0 Å². The van der Waals surface area contributed by atoms with E-state index in [9.17, 15) is 16.4 Å². The van der Waals surface area contributed by atoms with Gasteiger partial charge >= 0.3 is 0 Å². The van der Waals surface area contributed by atoms with E-state index in [1.54, 1.807) is 18.2 Å². The molecule has 0 aliphatic carbocycles. The zero-order chi connectivity index (χ0) is 97.2. The van der Waals surface area contributed by atoms with E-state index in [4.69, 9.17) is 19.2 Å². The molecule has 2 heterocycles. The fourth-order valence-electron chi connectivity index (χ4n) is 14.3. The van der Waals surface area contributed by atoms with Gasteiger partial charge in [-0.05, 0) is 222 Å². The molecule has 0 radical (unpaired) electrons. The minimum atomic E-state index is -0.949. The summed E-state index contributed by atoms with van der Waals surface area (Å²) in [6, 6.07) is 79.9. The van der Waals surface area contributed by atoms with Crippen LogP contribution in [0.4, 0.5) is 34.1 Å². The largest absolute Gasteiger partial charge is 0.310 e. The van der Waals surface area contributed by atoms with E-state index >= 15 is 0 Å². The first-order valence-corrected chi connectivity index (χ1v) is 36.2. The molecule has 2 aromatic heterocycles. The second-order valence-corrected chi connectivity index (χ2v) is 26.4. The van der Waals surface area contributed by atoms with Gasteiger partial charge in [-0.15, -0.1) is 0 Å². The number of benzene rings is 18. The number of aromatic nitrogens is 2. The molecule has 4 heteroatoms. The molecule has 0 N–H and O–H groups in total. The van der Waals surface area contributed by atoms with Crippen LogP contribution in [0.15, 0.2) is 460 Å². The molecule has 0 aliphatic heterocycles. The molecule has 0 spiro atoms. The van der Waals surface area contributed by atoms with Crippen LogP contribution < -0.4 is 9.80 Å². The Labute approximate surface area is 690 Å². The Morgan fingerprint density at radius 2 is 0.429 bits per heavy atom. The van der Waals surface area contributed by atoms with Crippen molar-refractivity contribution in [1.82, 2.24) is 9.13 Å². The van der Waals surface area contributed by atoms with Crippen LogP contribution >= 0.6 is 0 Å². The van der Waals surface area contributed by atoms with Gasteiger partial charge in [0.1, 0.15) is 0 Å². The second kappa shape index (κ2) is 30.4. The highest BCUT2D eigenvalue weighted by atomic mass is 15.1. The Hall–Kier alpha value is -14.8. The van der Waals surface area contributed by atoms with Crippen LogP contribution in [0, 0.1) is 0 Å². The van der Waals surface area contributed by atoms with Crippen LogP contribution in [0.3, 0.4) is 0 Å². The zero-order valence-corrected chi connectivity index (χ0v) is 59.7. The number of para-hydroxylation sites is 4. The molecule has 0 saturated heterocycles. The third-order valence-corrected chi connectivity index (χ3v) is 19.6. The molecule has 0 fully saturated rings. The summed E-state index contributed by atoms with van der Waals surface area (Å²) in [5.74, 6) is 0. The Morgan fingerprint density at radius 3 is 0.821 bits per heavy atom. The molecule has 528 valence electrons. The summed E-state index contributed by atoms with van der Waals surface area (Å²) in [5, 5.41) is 4.08. The Bertz CT molecular complexity index is 8210. The van der Waals surface area contributed by atoms with Crippen LogP contribution in [0.5, 0.6) is 0 Å². The quantitative estimate of drug-likeness (QED) is 0.0959. The lowest BCUT2D eigenvalue weighted by Gasteiger charge is -2.26. The van der Waals surface area contributed by atoms with Crippen molar-refractivity contribution in [3.63, 3.8) is 0 Å². The Kier molecular flexibility index (Phi) is 12.3. The summed E-state index contributed by atoms with van der Waals surface area (Å²) < 4.78 is 237. The van der Waals surface area contributed by atoms with Crippen LogP contribution in [-0.4, -0.2) is 9.13 Å². The van der Waals surface area contributed by atoms with Crippen LogP contribution in [0.1, 0.15) is 35.6 Å². The number of fused-ring (bicyclic) bond motifs is 6. The zero-order valence-electron chi connectivity index (χ0n) is 85.7. The SMILES string of the molecule is [2H]c1c([2H])c(N(c2ccc(-c3ccc(-c4ccccc4)cc3)cc2)c2cccc(-c3ccc4c(c3)c3ccccc3n4-c3ccccc3)c2)c([2H])c([2H])c1-c1ccccc1.[2H]c1c([2H])c([2H])c(-c2c([2H])c([2H])c(-c3c([2H])c([2H])c(N(c4cccc(-c5ccc6c(c5)c5ccccc5n6-c5ccccc5)c4)c4c([2H])c([2H])c(-c5c([2H])c([2H])c([2H])c([2H])c5[2H])c([2H])c4[2H])c([2H])c3[2H])c([2H])c2[2H])c([2H])c1[2H]. The molecule has 0 saturated carbocycles. The number of nitrogens with zero attached hydrogens (tertiary/aromatic N) is 4. The van der Waals surface area contributed by atoms with Crippen molar-refractivity contribution in [3.8, 4) is 100 Å².